The van der Waals surface area contributed by atoms with E-state index < -0.39 is 0 Å². The van der Waals surface area contributed by atoms with Crippen molar-refractivity contribution in [2.75, 3.05) is 40.3 Å². The minimum absolute atomic E-state index is 0.0665. The van der Waals surface area contributed by atoms with Gasteiger partial charge in [-0.1, -0.05) is 49.9 Å². The van der Waals surface area contributed by atoms with E-state index in [4.69, 9.17) is 16.7 Å². The Bertz CT molecular complexity index is 910. The number of carbonyl (C=O) groups excluding carboxylic acids is 2. The van der Waals surface area contributed by atoms with Crippen LogP contribution in [0.4, 0.5) is 0 Å². The third-order valence-electron chi connectivity index (χ3n) is 5.74. The number of aromatic nitrogens is 2. The minimum Gasteiger partial charge on any atom is -0.355 e. The van der Waals surface area contributed by atoms with E-state index in [9.17, 15) is 9.59 Å². The molecule has 1 unspecified atom stereocenters. The summed E-state index contributed by atoms with van der Waals surface area (Å²) in [6, 6.07) is 9.36. The zero-order chi connectivity index (χ0) is 23.1. The molecule has 0 bridgehead atoms. The number of fused-ring (bicyclic) bond motifs is 1. The molecule has 1 aliphatic rings. The van der Waals surface area contributed by atoms with Gasteiger partial charge in [0.1, 0.15) is 5.69 Å². The highest BCUT2D eigenvalue weighted by Crippen LogP contribution is 2.29. The van der Waals surface area contributed by atoms with Crippen LogP contribution in [0.5, 0.6) is 0 Å². The molecule has 0 fully saturated rings. The Morgan fingerprint density at radius 2 is 1.97 bits per heavy atom. The molecule has 0 spiro atoms. The van der Waals surface area contributed by atoms with Gasteiger partial charge in [0.05, 0.1) is 18.3 Å². The highest BCUT2D eigenvalue weighted by atomic mass is 35.5. The maximum atomic E-state index is 13.2. The van der Waals surface area contributed by atoms with E-state index in [1.54, 1.807) is 4.90 Å². The molecule has 2 heterocycles. The molecule has 8 heteroatoms. The Morgan fingerprint density at radius 1 is 1.22 bits per heavy atom. The molecular weight excluding hydrogens is 426 g/mol. The van der Waals surface area contributed by atoms with Crippen molar-refractivity contribution in [1.82, 2.24) is 24.9 Å². The first-order chi connectivity index (χ1) is 15.4. The molecule has 0 aliphatic carbocycles. The number of rotatable bonds is 11. The average molecular weight is 460 g/mol. The Hall–Kier alpha value is -2.38. The number of hydrogen-bond acceptors (Lipinski definition) is 4. The molecule has 0 saturated carbocycles. The maximum Gasteiger partial charge on any atom is 0.272 e. The SMILES string of the molecule is CCCCCC1CN(CC(=O)NCCCN(C)C)C(=O)c2cc(-c3ccc(Cl)cc3)nn21. The first-order valence-electron chi connectivity index (χ1n) is 11.4. The van der Waals surface area contributed by atoms with E-state index in [1.807, 2.05) is 49.1 Å². The minimum atomic E-state index is -0.145. The lowest BCUT2D eigenvalue weighted by Gasteiger charge is -2.33. The van der Waals surface area contributed by atoms with Gasteiger partial charge in [-0.3, -0.25) is 14.3 Å². The smallest absolute Gasteiger partial charge is 0.272 e. The van der Waals surface area contributed by atoms with Crippen LogP contribution in [0.2, 0.25) is 5.02 Å². The van der Waals surface area contributed by atoms with Crippen LogP contribution in [0.1, 0.15) is 55.6 Å². The molecule has 2 amide bonds. The van der Waals surface area contributed by atoms with Crippen LogP contribution in [-0.4, -0.2) is 71.7 Å². The summed E-state index contributed by atoms with van der Waals surface area (Å²) in [4.78, 5) is 29.4. The Morgan fingerprint density at radius 3 is 2.66 bits per heavy atom. The summed E-state index contributed by atoms with van der Waals surface area (Å²) in [5.74, 6) is -0.261. The van der Waals surface area contributed by atoms with Gasteiger partial charge in [0.2, 0.25) is 5.91 Å². The second-order valence-corrected chi connectivity index (χ2v) is 9.14. The van der Waals surface area contributed by atoms with Crippen molar-refractivity contribution >= 4 is 23.4 Å². The second kappa shape index (κ2) is 11.5. The molecule has 0 radical (unpaired) electrons. The molecule has 0 saturated heterocycles. The lowest BCUT2D eigenvalue weighted by molar-refractivity contribution is -0.122. The third kappa shape index (κ3) is 6.33. The molecule has 174 valence electrons. The molecule has 1 aromatic heterocycles. The predicted octanol–water partition coefficient (Wildman–Crippen LogP) is 3.85. The van der Waals surface area contributed by atoms with E-state index in [2.05, 4.69) is 17.1 Å². The monoisotopic (exact) mass is 459 g/mol. The highest BCUT2D eigenvalue weighted by Gasteiger charge is 2.33. The van der Waals surface area contributed by atoms with Crippen LogP contribution in [0.15, 0.2) is 30.3 Å². The summed E-state index contributed by atoms with van der Waals surface area (Å²) in [6.07, 6.45) is 5.14. The number of amides is 2. The second-order valence-electron chi connectivity index (χ2n) is 8.71. The normalized spacial score (nSPS) is 15.8. The van der Waals surface area contributed by atoms with E-state index in [0.717, 1.165) is 49.9 Å². The summed E-state index contributed by atoms with van der Waals surface area (Å²) < 4.78 is 1.87. The zero-order valence-electron chi connectivity index (χ0n) is 19.3. The van der Waals surface area contributed by atoms with Gasteiger partial charge in [-0.25, -0.2) is 0 Å². The van der Waals surface area contributed by atoms with Crippen LogP contribution in [0.3, 0.4) is 0 Å². The molecule has 1 aliphatic heterocycles. The number of nitrogens with zero attached hydrogens (tertiary/aromatic N) is 4. The summed E-state index contributed by atoms with van der Waals surface area (Å²) >= 11 is 6.02. The van der Waals surface area contributed by atoms with Gasteiger partial charge >= 0.3 is 0 Å². The summed E-state index contributed by atoms with van der Waals surface area (Å²) in [6.45, 7) is 4.27. The lowest BCUT2D eigenvalue weighted by Crippen LogP contribution is -2.47. The first kappa shape index (κ1) is 24.3. The molecule has 7 nitrogen and oxygen atoms in total. The molecule has 32 heavy (non-hydrogen) atoms. The van der Waals surface area contributed by atoms with Crippen LogP contribution >= 0.6 is 11.6 Å². The summed E-state index contributed by atoms with van der Waals surface area (Å²) in [5, 5.41) is 8.37. The predicted molar refractivity (Wildman–Crippen MR) is 128 cm³/mol. The van der Waals surface area contributed by atoms with Gasteiger partial charge in [0.25, 0.3) is 5.91 Å². The summed E-state index contributed by atoms with van der Waals surface area (Å²) in [5.41, 5.74) is 2.21. The molecule has 2 aromatic rings. The Balaban J connectivity index is 1.74. The van der Waals surface area contributed by atoms with Crippen LogP contribution < -0.4 is 5.32 Å². The van der Waals surface area contributed by atoms with Gasteiger partial charge in [-0.15, -0.1) is 0 Å². The largest absolute Gasteiger partial charge is 0.355 e. The van der Waals surface area contributed by atoms with Crippen LogP contribution in [-0.2, 0) is 4.79 Å². The topological polar surface area (TPSA) is 70.5 Å². The van der Waals surface area contributed by atoms with Crippen molar-refractivity contribution in [3.8, 4) is 11.3 Å². The molecule has 1 atom stereocenters. The fourth-order valence-electron chi connectivity index (χ4n) is 4.00. The van der Waals surface area contributed by atoms with Crippen molar-refractivity contribution in [2.45, 2.75) is 45.1 Å². The fraction of sp³-hybridized carbons (Fsp3) is 0.542. The van der Waals surface area contributed by atoms with E-state index in [-0.39, 0.29) is 24.4 Å². The average Bonchev–Trinajstić information content (AvgIpc) is 3.21. The van der Waals surface area contributed by atoms with Gasteiger partial charge in [-0.05, 0) is 51.7 Å². The standard InChI is InChI=1S/C24H34ClN5O2/c1-4-5-6-8-20-16-29(17-23(31)26-13-7-14-28(2)3)24(32)22-15-21(27-30(20)22)18-9-11-19(25)12-10-18/h9-12,15,20H,4-8,13-14,16-17H2,1-3H3,(H,26,31). The van der Waals surface area contributed by atoms with E-state index in [1.165, 1.54) is 0 Å². The van der Waals surface area contributed by atoms with Gasteiger partial charge < -0.3 is 15.1 Å². The van der Waals surface area contributed by atoms with Gasteiger partial charge in [0, 0.05) is 23.7 Å². The van der Waals surface area contributed by atoms with E-state index in [0.29, 0.717) is 23.8 Å². The number of benzene rings is 1. The lowest BCUT2D eigenvalue weighted by atomic mass is 10.0. The van der Waals surface area contributed by atoms with Crippen LogP contribution in [0.25, 0.3) is 11.3 Å². The molecule has 3 rings (SSSR count). The number of hydrogen-bond donors (Lipinski definition) is 1. The van der Waals surface area contributed by atoms with Crippen molar-refractivity contribution < 1.29 is 9.59 Å². The quantitative estimate of drug-likeness (QED) is 0.518. The molecule has 1 aromatic carbocycles. The van der Waals surface area contributed by atoms with Crippen molar-refractivity contribution in [3.05, 3.63) is 41.0 Å². The Labute approximate surface area is 195 Å². The molecular formula is C24H34ClN5O2. The first-order valence-corrected chi connectivity index (χ1v) is 11.8. The van der Waals surface area contributed by atoms with Crippen LogP contribution in [0, 0.1) is 0 Å². The number of unbranched alkanes of at least 4 members (excludes halogenated alkanes) is 2. The van der Waals surface area contributed by atoms with Crippen molar-refractivity contribution in [1.29, 1.82) is 0 Å². The van der Waals surface area contributed by atoms with Gasteiger partial charge in [0.15, 0.2) is 0 Å². The van der Waals surface area contributed by atoms with Crippen molar-refractivity contribution in [3.63, 3.8) is 0 Å². The number of carbonyl (C=O) groups is 2. The number of nitrogens with one attached hydrogen (secondary N) is 1. The molecule has 1 N–H and O–H groups in total. The maximum absolute atomic E-state index is 13.2. The zero-order valence-corrected chi connectivity index (χ0v) is 20.1. The highest BCUT2D eigenvalue weighted by molar-refractivity contribution is 6.30. The van der Waals surface area contributed by atoms with Gasteiger partial charge in [-0.2, -0.15) is 5.10 Å². The van der Waals surface area contributed by atoms with E-state index >= 15 is 0 Å². The fourth-order valence-corrected chi connectivity index (χ4v) is 4.13. The number of halogens is 1. The van der Waals surface area contributed by atoms with Crippen molar-refractivity contribution in [2.24, 2.45) is 0 Å². The third-order valence-corrected chi connectivity index (χ3v) is 5.99. The Kier molecular flexibility index (Phi) is 8.70. The summed E-state index contributed by atoms with van der Waals surface area (Å²) in [7, 11) is 4.02.